The normalized spacial score (nSPS) is 18.7. The molecule has 0 saturated heterocycles. The topological polar surface area (TPSA) is 59.6 Å². The summed E-state index contributed by atoms with van der Waals surface area (Å²) in [6.45, 7) is 6.38. The molecule has 1 unspecified atom stereocenters. The number of ether oxygens (including phenoxy) is 2. The summed E-state index contributed by atoms with van der Waals surface area (Å²) < 4.78 is 11.3. The Labute approximate surface area is 200 Å². The Bertz CT molecular complexity index is 1260. The van der Waals surface area contributed by atoms with E-state index in [0.717, 1.165) is 46.1 Å². The molecule has 0 amide bonds. The van der Waals surface area contributed by atoms with E-state index in [4.69, 9.17) is 9.47 Å². The van der Waals surface area contributed by atoms with E-state index in [-0.39, 0.29) is 17.2 Å². The van der Waals surface area contributed by atoms with Gasteiger partial charge in [-0.15, -0.1) is 0 Å². The smallest absolute Gasteiger partial charge is 0.163 e. The molecule has 174 valence electrons. The van der Waals surface area contributed by atoms with Crippen molar-refractivity contribution in [3.8, 4) is 17.2 Å². The van der Waals surface area contributed by atoms with Crippen LogP contribution in [0.3, 0.4) is 0 Å². The zero-order chi connectivity index (χ0) is 23.9. The van der Waals surface area contributed by atoms with Crippen LogP contribution in [0.2, 0.25) is 0 Å². The standard InChI is InChI=1S/C29H30N2O3/c1-18-5-7-19(8-6-18)28-27-25(16-29(2,3)17-26(27)32)30-23-14-13-22(15-24(23)31-28)34-21-11-9-20(33-4)10-12-21/h5-15,28,30-31H,16-17H2,1-4H3. The van der Waals surface area contributed by atoms with Crippen LogP contribution >= 0.6 is 0 Å². The van der Waals surface area contributed by atoms with Crippen LogP contribution in [-0.2, 0) is 4.79 Å². The molecule has 3 aromatic carbocycles. The Hall–Kier alpha value is -3.73. The third-order valence-electron chi connectivity index (χ3n) is 6.49. The molecule has 0 saturated carbocycles. The van der Waals surface area contributed by atoms with Gasteiger partial charge in [-0.05, 0) is 60.7 Å². The number of hydrogen-bond acceptors (Lipinski definition) is 5. The number of fused-ring (bicyclic) bond motifs is 1. The third-order valence-corrected chi connectivity index (χ3v) is 6.49. The molecule has 5 rings (SSSR count). The minimum atomic E-state index is -0.232. The van der Waals surface area contributed by atoms with Gasteiger partial charge in [0.05, 0.1) is 24.5 Å². The second-order valence-corrected chi connectivity index (χ2v) is 9.93. The maximum absolute atomic E-state index is 13.4. The molecular formula is C29H30N2O3. The summed E-state index contributed by atoms with van der Waals surface area (Å²) in [5.41, 5.74) is 5.85. The fraction of sp³-hybridized carbons (Fsp3) is 0.276. The van der Waals surface area contributed by atoms with Crippen molar-refractivity contribution in [3.05, 3.63) is 89.1 Å². The van der Waals surface area contributed by atoms with Crippen molar-refractivity contribution < 1.29 is 14.3 Å². The number of allylic oxidation sites excluding steroid dienone is 1. The van der Waals surface area contributed by atoms with Crippen LogP contribution in [0.5, 0.6) is 17.2 Å². The molecule has 1 atom stereocenters. The molecule has 1 aliphatic heterocycles. The molecule has 3 aromatic rings. The molecule has 1 aliphatic carbocycles. The van der Waals surface area contributed by atoms with Gasteiger partial charge in [-0.2, -0.15) is 0 Å². The first kappa shape index (κ1) is 22.1. The lowest BCUT2D eigenvalue weighted by atomic mass is 9.73. The Balaban J connectivity index is 1.53. The minimum absolute atomic E-state index is 0.0807. The fourth-order valence-corrected chi connectivity index (χ4v) is 4.78. The van der Waals surface area contributed by atoms with Crippen molar-refractivity contribution in [1.29, 1.82) is 0 Å². The number of hydrogen-bond donors (Lipinski definition) is 2. The number of anilines is 2. The number of nitrogens with one attached hydrogen (secondary N) is 2. The molecule has 1 heterocycles. The number of methoxy groups -OCH3 is 1. The van der Waals surface area contributed by atoms with Crippen LogP contribution in [0, 0.1) is 12.3 Å². The summed E-state index contributed by atoms with van der Waals surface area (Å²) in [4.78, 5) is 13.4. The summed E-state index contributed by atoms with van der Waals surface area (Å²) >= 11 is 0. The number of aryl methyl sites for hydroxylation is 1. The van der Waals surface area contributed by atoms with E-state index in [1.807, 2.05) is 42.5 Å². The van der Waals surface area contributed by atoms with Gasteiger partial charge in [-0.25, -0.2) is 0 Å². The van der Waals surface area contributed by atoms with E-state index >= 15 is 0 Å². The number of benzene rings is 3. The van der Waals surface area contributed by atoms with Gasteiger partial charge in [0, 0.05) is 23.8 Å². The Morgan fingerprint density at radius 2 is 1.53 bits per heavy atom. The van der Waals surface area contributed by atoms with Gasteiger partial charge in [0.2, 0.25) is 0 Å². The monoisotopic (exact) mass is 454 g/mol. The fourth-order valence-electron chi connectivity index (χ4n) is 4.78. The predicted octanol–water partition coefficient (Wildman–Crippen LogP) is 7.02. The summed E-state index contributed by atoms with van der Waals surface area (Å²) in [5.74, 6) is 2.42. The molecule has 34 heavy (non-hydrogen) atoms. The lowest BCUT2D eigenvalue weighted by Gasteiger charge is -2.34. The Kier molecular flexibility index (Phi) is 5.56. The number of Topliss-reactive ketones (excluding diaryl/α,β-unsaturated/α-hetero) is 1. The molecule has 0 aromatic heterocycles. The van der Waals surface area contributed by atoms with E-state index < -0.39 is 0 Å². The zero-order valence-corrected chi connectivity index (χ0v) is 20.1. The first-order valence-corrected chi connectivity index (χ1v) is 11.6. The average molecular weight is 455 g/mol. The van der Waals surface area contributed by atoms with Crippen molar-refractivity contribution in [1.82, 2.24) is 0 Å². The van der Waals surface area contributed by atoms with Gasteiger partial charge in [0.15, 0.2) is 5.78 Å². The van der Waals surface area contributed by atoms with E-state index in [1.54, 1.807) is 7.11 Å². The predicted molar refractivity (Wildman–Crippen MR) is 136 cm³/mol. The number of ketones is 1. The number of carbonyl (C=O) groups is 1. The van der Waals surface area contributed by atoms with Gasteiger partial charge >= 0.3 is 0 Å². The molecule has 0 bridgehead atoms. The second-order valence-electron chi connectivity index (χ2n) is 9.93. The largest absolute Gasteiger partial charge is 0.497 e. The van der Waals surface area contributed by atoms with Crippen LogP contribution in [0.1, 0.15) is 43.9 Å². The maximum atomic E-state index is 13.4. The van der Waals surface area contributed by atoms with Crippen molar-refractivity contribution in [2.24, 2.45) is 5.41 Å². The van der Waals surface area contributed by atoms with Crippen LogP contribution in [0.15, 0.2) is 78.0 Å². The lowest BCUT2D eigenvalue weighted by molar-refractivity contribution is -0.118. The summed E-state index contributed by atoms with van der Waals surface area (Å²) in [5, 5.41) is 7.24. The van der Waals surface area contributed by atoms with E-state index in [9.17, 15) is 4.79 Å². The summed E-state index contributed by atoms with van der Waals surface area (Å²) in [6, 6.07) is 21.6. The lowest BCUT2D eigenvalue weighted by Crippen LogP contribution is -2.31. The first-order chi connectivity index (χ1) is 16.3. The third kappa shape index (κ3) is 4.38. The molecule has 2 aliphatic rings. The van der Waals surface area contributed by atoms with Crippen molar-refractivity contribution in [2.45, 2.75) is 39.7 Å². The van der Waals surface area contributed by atoms with Gasteiger partial charge in [0.1, 0.15) is 17.2 Å². The minimum Gasteiger partial charge on any atom is -0.497 e. The van der Waals surface area contributed by atoms with Crippen molar-refractivity contribution >= 4 is 17.2 Å². The molecule has 2 N–H and O–H groups in total. The summed E-state index contributed by atoms with van der Waals surface area (Å²) in [6.07, 6.45) is 1.36. The molecular weight excluding hydrogens is 424 g/mol. The van der Waals surface area contributed by atoms with E-state index in [1.165, 1.54) is 5.56 Å². The molecule has 0 radical (unpaired) electrons. The zero-order valence-electron chi connectivity index (χ0n) is 20.1. The first-order valence-electron chi connectivity index (χ1n) is 11.6. The van der Waals surface area contributed by atoms with E-state index in [2.05, 4.69) is 55.7 Å². The SMILES string of the molecule is COc1ccc(Oc2ccc3c(c2)NC(c2ccc(C)cc2)C2=C(CC(C)(C)CC2=O)N3)cc1. The Morgan fingerprint density at radius 3 is 2.24 bits per heavy atom. The highest BCUT2D eigenvalue weighted by molar-refractivity contribution is 6.01. The quantitative estimate of drug-likeness (QED) is 0.444. The average Bonchev–Trinajstić information content (AvgIpc) is 2.95. The van der Waals surface area contributed by atoms with Crippen LogP contribution < -0.4 is 20.1 Å². The highest BCUT2D eigenvalue weighted by Gasteiger charge is 2.38. The highest BCUT2D eigenvalue weighted by atomic mass is 16.5. The molecule has 0 spiro atoms. The van der Waals surface area contributed by atoms with Gasteiger partial charge in [-0.1, -0.05) is 43.7 Å². The van der Waals surface area contributed by atoms with Crippen molar-refractivity contribution in [2.75, 3.05) is 17.7 Å². The number of rotatable bonds is 4. The maximum Gasteiger partial charge on any atom is 0.163 e. The van der Waals surface area contributed by atoms with Gasteiger partial charge < -0.3 is 20.1 Å². The van der Waals surface area contributed by atoms with Crippen LogP contribution in [-0.4, -0.2) is 12.9 Å². The molecule has 5 heteroatoms. The second kappa shape index (κ2) is 8.56. The van der Waals surface area contributed by atoms with E-state index in [0.29, 0.717) is 12.2 Å². The molecule has 5 nitrogen and oxygen atoms in total. The summed E-state index contributed by atoms with van der Waals surface area (Å²) in [7, 11) is 1.64. The molecule has 0 fully saturated rings. The van der Waals surface area contributed by atoms with Crippen LogP contribution in [0.4, 0.5) is 11.4 Å². The highest BCUT2D eigenvalue weighted by Crippen LogP contribution is 2.46. The van der Waals surface area contributed by atoms with Crippen LogP contribution in [0.25, 0.3) is 0 Å². The van der Waals surface area contributed by atoms with Gasteiger partial charge in [0.25, 0.3) is 0 Å². The Morgan fingerprint density at radius 1 is 0.853 bits per heavy atom. The van der Waals surface area contributed by atoms with Gasteiger partial charge in [-0.3, -0.25) is 4.79 Å². The number of carbonyl (C=O) groups excluding carboxylic acids is 1. The van der Waals surface area contributed by atoms with Crippen molar-refractivity contribution in [3.63, 3.8) is 0 Å².